The number of hydrogen-bond acceptors (Lipinski definition) is 7. The normalized spacial score (nSPS) is 16.8. The molecular formula is C23H28N2O5S. The van der Waals surface area contributed by atoms with Gasteiger partial charge in [-0.05, 0) is 42.8 Å². The van der Waals surface area contributed by atoms with Crippen LogP contribution in [-0.2, 0) is 11.3 Å². The van der Waals surface area contributed by atoms with Crippen molar-refractivity contribution in [3.63, 3.8) is 0 Å². The average Bonchev–Trinajstić information content (AvgIpc) is 3.27. The lowest BCUT2D eigenvalue weighted by molar-refractivity contribution is -0.132. The summed E-state index contributed by atoms with van der Waals surface area (Å²) in [5.41, 5.74) is 1.20. The molecule has 8 heteroatoms. The van der Waals surface area contributed by atoms with E-state index in [-0.39, 0.29) is 11.2 Å². The molecule has 1 fully saturated rings. The van der Waals surface area contributed by atoms with Crippen molar-refractivity contribution in [1.29, 1.82) is 0 Å². The molecule has 0 aromatic heterocycles. The maximum atomic E-state index is 13.0. The van der Waals surface area contributed by atoms with Gasteiger partial charge < -0.3 is 23.8 Å². The van der Waals surface area contributed by atoms with Crippen molar-refractivity contribution in [2.24, 2.45) is 0 Å². The number of rotatable bonds is 7. The molecule has 2 aliphatic rings. The van der Waals surface area contributed by atoms with Crippen molar-refractivity contribution in [2.75, 3.05) is 47.2 Å². The summed E-state index contributed by atoms with van der Waals surface area (Å²) >= 11 is 1.54. The molecule has 0 unspecified atom stereocenters. The highest BCUT2D eigenvalue weighted by Gasteiger charge is 2.26. The molecule has 0 bridgehead atoms. The first kappa shape index (κ1) is 21.6. The van der Waals surface area contributed by atoms with Gasteiger partial charge in [-0.2, -0.15) is 0 Å². The van der Waals surface area contributed by atoms with Crippen LogP contribution in [0.5, 0.6) is 23.0 Å². The van der Waals surface area contributed by atoms with Gasteiger partial charge in [0.1, 0.15) is 0 Å². The van der Waals surface area contributed by atoms with Gasteiger partial charge in [0.05, 0.1) is 19.5 Å². The first-order valence-corrected chi connectivity index (χ1v) is 11.2. The molecule has 0 N–H and O–H groups in total. The number of ether oxygens (including phenoxy) is 4. The smallest absolute Gasteiger partial charge is 0.235 e. The van der Waals surface area contributed by atoms with Crippen LogP contribution in [0.15, 0.2) is 41.3 Å². The summed E-state index contributed by atoms with van der Waals surface area (Å²) in [5.74, 6) is 3.14. The molecule has 2 aliphatic heterocycles. The standard InChI is InChI=1S/C23H28N2O5S/c1-16(31-18-5-7-19(27-2)21(13-18)28-3)23(26)25-10-8-24(9-11-25)14-17-4-6-20-22(12-17)30-15-29-20/h4-7,12-13,16H,8-11,14-15H2,1-3H3/t16-/m1/s1. The monoisotopic (exact) mass is 444 g/mol. The Bertz CT molecular complexity index is 930. The minimum atomic E-state index is -0.168. The molecule has 1 atom stereocenters. The van der Waals surface area contributed by atoms with Crippen LogP contribution in [0.2, 0.25) is 0 Å². The first-order valence-electron chi connectivity index (χ1n) is 10.4. The van der Waals surface area contributed by atoms with Crippen molar-refractivity contribution >= 4 is 17.7 Å². The number of piperazine rings is 1. The molecule has 0 radical (unpaired) electrons. The van der Waals surface area contributed by atoms with Crippen LogP contribution in [0.3, 0.4) is 0 Å². The van der Waals surface area contributed by atoms with Crippen molar-refractivity contribution in [3.8, 4) is 23.0 Å². The third-order valence-corrected chi connectivity index (χ3v) is 6.62. The van der Waals surface area contributed by atoms with Crippen LogP contribution in [0.25, 0.3) is 0 Å². The lowest BCUT2D eigenvalue weighted by atomic mass is 10.1. The number of carbonyl (C=O) groups is 1. The van der Waals surface area contributed by atoms with E-state index in [0.717, 1.165) is 49.1 Å². The van der Waals surface area contributed by atoms with Crippen molar-refractivity contribution in [3.05, 3.63) is 42.0 Å². The zero-order chi connectivity index (χ0) is 21.8. The second kappa shape index (κ2) is 9.70. The zero-order valence-corrected chi connectivity index (χ0v) is 18.9. The van der Waals surface area contributed by atoms with Crippen LogP contribution in [0.1, 0.15) is 12.5 Å². The fraction of sp³-hybridized carbons (Fsp3) is 0.435. The van der Waals surface area contributed by atoms with Crippen molar-refractivity contribution in [2.45, 2.75) is 23.6 Å². The molecule has 2 aromatic carbocycles. The second-order valence-corrected chi connectivity index (χ2v) is 8.98. The fourth-order valence-corrected chi connectivity index (χ4v) is 4.81. The Morgan fingerprint density at radius 3 is 2.48 bits per heavy atom. The number of fused-ring (bicyclic) bond motifs is 1. The van der Waals surface area contributed by atoms with Crippen LogP contribution < -0.4 is 18.9 Å². The SMILES string of the molecule is COc1ccc(S[C@H](C)C(=O)N2CCN(Cc3ccc4c(c3)OCO4)CC2)cc1OC. The van der Waals surface area contributed by atoms with Gasteiger partial charge in [-0.3, -0.25) is 9.69 Å². The van der Waals surface area contributed by atoms with Gasteiger partial charge in [-0.1, -0.05) is 6.07 Å². The number of methoxy groups -OCH3 is 2. The largest absolute Gasteiger partial charge is 0.493 e. The van der Waals surface area contributed by atoms with E-state index in [1.807, 2.05) is 42.2 Å². The highest BCUT2D eigenvalue weighted by atomic mass is 32.2. The second-order valence-electron chi connectivity index (χ2n) is 7.57. The predicted octanol–water partition coefficient (Wildman–Crippen LogP) is 3.26. The molecule has 2 aromatic rings. The topological polar surface area (TPSA) is 60.5 Å². The van der Waals surface area contributed by atoms with Crippen LogP contribution in [-0.4, -0.2) is 68.1 Å². The molecule has 31 heavy (non-hydrogen) atoms. The number of amides is 1. The maximum Gasteiger partial charge on any atom is 0.235 e. The summed E-state index contributed by atoms with van der Waals surface area (Å²) in [5, 5.41) is -0.168. The number of thioether (sulfide) groups is 1. The van der Waals surface area contributed by atoms with Crippen LogP contribution in [0.4, 0.5) is 0 Å². The predicted molar refractivity (Wildman–Crippen MR) is 119 cm³/mol. The summed E-state index contributed by atoms with van der Waals surface area (Å²) in [4.78, 5) is 18.3. The summed E-state index contributed by atoms with van der Waals surface area (Å²) in [6.07, 6.45) is 0. The molecule has 0 spiro atoms. The fourth-order valence-electron chi connectivity index (χ4n) is 3.83. The zero-order valence-electron chi connectivity index (χ0n) is 18.1. The Morgan fingerprint density at radius 2 is 1.74 bits per heavy atom. The highest BCUT2D eigenvalue weighted by Crippen LogP contribution is 2.34. The summed E-state index contributed by atoms with van der Waals surface area (Å²) in [6.45, 7) is 6.28. The van der Waals surface area contributed by atoms with Gasteiger partial charge in [-0.25, -0.2) is 0 Å². The molecule has 166 valence electrons. The highest BCUT2D eigenvalue weighted by molar-refractivity contribution is 8.00. The summed E-state index contributed by atoms with van der Waals surface area (Å²) < 4.78 is 21.5. The van der Waals surface area contributed by atoms with E-state index in [0.29, 0.717) is 18.3 Å². The Kier molecular flexibility index (Phi) is 6.77. The van der Waals surface area contributed by atoms with E-state index in [1.54, 1.807) is 26.0 Å². The molecular weight excluding hydrogens is 416 g/mol. The molecule has 0 aliphatic carbocycles. The Balaban J connectivity index is 1.28. The first-order chi connectivity index (χ1) is 15.1. The Morgan fingerprint density at radius 1 is 1.00 bits per heavy atom. The molecule has 4 rings (SSSR count). The molecule has 2 heterocycles. The minimum Gasteiger partial charge on any atom is -0.493 e. The van der Waals surface area contributed by atoms with Gasteiger partial charge in [-0.15, -0.1) is 11.8 Å². The number of hydrogen-bond donors (Lipinski definition) is 0. The van der Waals surface area contributed by atoms with E-state index in [4.69, 9.17) is 18.9 Å². The van der Waals surface area contributed by atoms with Crippen LogP contribution in [0, 0.1) is 0 Å². The molecule has 0 saturated carbocycles. The molecule has 1 amide bonds. The lowest BCUT2D eigenvalue weighted by Gasteiger charge is -2.36. The van der Waals surface area contributed by atoms with E-state index < -0.39 is 0 Å². The van der Waals surface area contributed by atoms with Gasteiger partial charge in [0.25, 0.3) is 0 Å². The van der Waals surface area contributed by atoms with E-state index in [1.165, 1.54) is 5.56 Å². The Labute approximate surface area is 187 Å². The summed E-state index contributed by atoms with van der Waals surface area (Å²) in [7, 11) is 3.23. The Hall–Kier alpha value is -2.58. The quantitative estimate of drug-likeness (QED) is 0.608. The van der Waals surface area contributed by atoms with E-state index in [2.05, 4.69) is 11.0 Å². The van der Waals surface area contributed by atoms with Gasteiger partial charge >= 0.3 is 0 Å². The molecule has 7 nitrogen and oxygen atoms in total. The number of nitrogens with zero attached hydrogens (tertiary/aromatic N) is 2. The van der Waals surface area contributed by atoms with Crippen molar-refractivity contribution < 1.29 is 23.7 Å². The minimum absolute atomic E-state index is 0.168. The van der Waals surface area contributed by atoms with E-state index in [9.17, 15) is 4.79 Å². The van der Waals surface area contributed by atoms with Crippen LogP contribution >= 0.6 is 11.8 Å². The maximum absolute atomic E-state index is 13.0. The molecule has 1 saturated heterocycles. The lowest BCUT2D eigenvalue weighted by Crippen LogP contribution is -2.50. The summed E-state index contributed by atoms with van der Waals surface area (Å²) in [6, 6.07) is 11.8. The van der Waals surface area contributed by atoms with Gasteiger partial charge in [0.2, 0.25) is 12.7 Å². The average molecular weight is 445 g/mol. The third kappa shape index (κ3) is 5.02. The third-order valence-electron chi connectivity index (χ3n) is 5.54. The van der Waals surface area contributed by atoms with E-state index >= 15 is 0 Å². The number of carbonyl (C=O) groups excluding carboxylic acids is 1. The van der Waals surface area contributed by atoms with Gasteiger partial charge in [0.15, 0.2) is 23.0 Å². The van der Waals surface area contributed by atoms with Gasteiger partial charge in [0, 0.05) is 37.6 Å². The number of benzene rings is 2. The van der Waals surface area contributed by atoms with Crippen molar-refractivity contribution in [1.82, 2.24) is 9.80 Å².